The van der Waals surface area contributed by atoms with Gasteiger partial charge >= 0.3 is 0 Å². The van der Waals surface area contributed by atoms with Gasteiger partial charge in [0.1, 0.15) is 0 Å². The van der Waals surface area contributed by atoms with Gasteiger partial charge in [-0.2, -0.15) is 4.98 Å². The number of hydrogen-bond acceptors (Lipinski definition) is 4. The zero-order chi connectivity index (χ0) is 14.3. The third-order valence-corrected chi connectivity index (χ3v) is 4.92. The molecule has 20 heavy (non-hydrogen) atoms. The Kier molecular flexibility index (Phi) is 2.99. The maximum atomic E-state index is 12.7. The number of aryl methyl sites for hydroxylation is 1. The van der Waals surface area contributed by atoms with Gasteiger partial charge in [0.2, 0.25) is 5.28 Å². The van der Waals surface area contributed by atoms with Crippen molar-refractivity contribution in [3.63, 3.8) is 0 Å². The van der Waals surface area contributed by atoms with Crippen LogP contribution < -0.4 is 0 Å². The van der Waals surface area contributed by atoms with Gasteiger partial charge in [0.05, 0.1) is 4.90 Å². The molecule has 0 radical (unpaired) electrons. The fourth-order valence-corrected chi connectivity index (χ4v) is 3.72. The summed E-state index contributed by atoms with van der Waals surface area (Å²) in [6.07, 6.45) is 1.51. The molecule has 2 heterocycles. The van der Waals surface area contributed by atoms with E-state index in [2.05, 4.69) is 9.97 Å². The van der Waals surface area contributed by atoms with Crippen LogP contribution in [-0.4, -0.2) is 22.4 Å². The number of hydrogen-bond donors (Lipinski definition) is 0. The Hall–Kier alpha value is -1.92. The zero-order valence-corrected chi connectivity index (χ0v) is 12.1. The number of halogens is 1. The van der Waals surface area contributed by atoms with Gasteiger partial charge in [-0.05, 0) is 36.7 Å². The van der Waals surface area contributed by atoms with E-state index in [1.165, 1.54) is 10.2 Å². The normalized spacial score (nSPS) is 11.9. The first-order valence-electron chi connectivity index (χ1n) is 5.81. The standard InChI is InChI=1S/C13H10ClN3O2S/c1-9-7-10-8-15-13(14)16-12(10)17(9)20(18,19)11-5-3-2-4-6-11/h2-8H,1H3. The minimum absolute atomic E-state index is 0.0140. The van der Waals surface area contributed by atoms with Gasteiger partial charge in [-0.3, -0.25) is 0 Å². The Labute approximate surface area is 120 Å². The van der Waals surface area contributed by atoms with Gasteiger partial charge in [0.25, 0.3) is 10.0 Å². The fraction of sp³-hybridized carbons (Fsp3) is 0.0769. The molecule has 3 rings (SSSR count). The molecule has 0 saturated heterocycles. The molecule has 2 aromatic heterocycles. The number of nitrogens with zero attached hydrogens (tertiary/aromatic N) is 3. The van der Waals surface area contributed by atoms with E-state index in [-0.39, 0.29) is 15.8 Å². The summed E-state index contributed by atoms with van der Waals surface area (Å²) in [6.45, 7) is 1.70. The molecule has 7 heteroatoms. The van der Waals surface area contributed by atoms with Crippen LogP contribution >= 0.6 is 11.6 Å². The van der Waals surface area contributed by atoms with Crippen LogP contribution in [0.25, 0.3) is 11.0 Å². The van der Waals surface area contributed by atoms with Gasteiger partial charge in [-0.25, -0.2) is 17.4 Å². The van der Waals surface area contributed by atoms with Crippen LogP contribution in [0.4, 0.5) is 0 Å². The van der Waals surface area contributed by atoms with Gasteiger partial charge in [0.15, 0.2) is 5.65 Å². The quantitative estimate of drug-likeness (QED) is 0.683. The molecule has 0 N–H and O–H groups in total. The lowest BCUT2D eigenvalue weighted by Crippen LogP contribution is -2.14. The number of rotatable bonds is 2. The summed E-state index contributed by atoms with van der Waals surface area (Å²) in [5.41, 5.74) is 0.840. The van der Waals surface area contributed by atoms with Crippen molar-refractivity contribution in [3.05, 3.63) is 53.6 Å². The van der Waals surface area contributed by atoms with Crippen molar-refractivity contribution in [1.29, 1.82) is 0 Å². The highest BCUT2D eigenvalue weighted by atomic mass is 35.5. The van der Waals surface area contributed by atoms with Crippen LogP contribution in [-0.2, 0) is 10.0 Å². The van der Waals surface area contributed by atoms with E-state index in [0.717, 1.165) is 0 Å². The number of aromatic nitrogens is 3. The van der Waals surface area contributed by atoms with Crippen molar-refractivity contribution >= 4 is 32.7 Å². The summed E-state index contributed by atoms with van der Waals surface area (Å²) >= 11 is 5.77. The van der Waals surface area contributed by atoms with Crippen molar-refractivity contribution < 1.29 is 8.42 Å². The van der Waals surface area contributed by atoms with E-state index < -0.39 is 10.0 Å². The zero-order valence-electron chi connectivity index (χ0n) is 10.5. The van der Waals surface area contributed by atoms with E-state index in [9.17, 15) is 8.42 Å². The number of benzene rings is 1. The highest BCUT2D eigenvalue weighted by Gasteiger charge is 2.22. The average molecular weight is 308 g/mol. The van der Waals surface area contributed by atoms with Crippen molar-refractivity contribution in [2.75, 3.05) is 0 Å². The van der Waals surface area contributed by atoms with Crippen LogP contribution in [0.5, 0.6) is 0 Å². The van der Waals surface area contributed by atoms with Crippen molar-refractivity contribution in [2.45, 2.75) is 11.8 Å². The molecule has 1 aromatic carbocycles. The first kappa shape index (κ1) is 13.1. The summed E-state index contributed by atoms with van der Waals surface area (Å²) < 4.78 is 26.6. The maximum absolute atomic E-state index is 12.7. The summed E-state index contributed by atoms with van der Waals surface area (Å²) in [5, 5.41) is 0.645. The fourth-order valence-electron chi connectivity index (χ4n) is 2.08. The van der Waals surface area contributed by atoms with Gasteiger partial charge in [-0.15, -0.1) is 0 Å². The molecule has 3 aromatic rings. The third-order valence-electron chi connectivity index (χ3n) is 2.93. The predicted octanol–water partition coefficient (Wildman–Crippen LogP) is 2.63. The second-order valence-electron chi connectivity index (χ2n) is 4.29. The first-order valence-corrected chi connectivity index (χ1v) is 7.63. The first-order chi connectivity index (χ1) is 9.50. The summed E-state index contributed by atoms with van der Waals surface area (Å²) in [4.78, 5) is 8.09. The predicted molar refractivity (Wildman–Crippen MR) is 76.3 cm³/mol. The van der Waals surface area contributed by atoms with Crippen LogP contribution in [0, 0.1) is 6.92 Å². The van der Waals surface area contributed by atoms with E-state index in [1.54, 1.807) is 43.3 Å². The molecule has 0 bridgehead atoms. The SMILES string of the molecule is Cc1cc2cnc(Cl)nc2n1S(=O)(=O)c1ccccc1. The maximum Gasteiger partial charge on any atom is 0.269 e. The molecule has 0 unspecified atom stereocenters. The summed E-state index contributed by atoms with van der Waals surface area (Å²) in [7, 11) is -3.70. The Bertz CT molecular complexity index is 889. The Morgan fingerprint density at radius 2 is 1.90 bits per heavy atom. The lowest BCUT2D eigenvalue weighted by Gasteiger charge is -2.09. The largest absolute Gasteiger partial charge is 0.269 e. The van der Waals surface area contributed by atoms with Crippen molar-refractivity contribution in [2.24, 2.45) is 0 Å². The molecule has 0 aliphatic carbocycles. The van der Waals surface area contributed by atoms with Gasteiger partial charge in [0, 0.05) is 17.3 Å². The molecular weight excluding hydrogens is 298 g/mol. The molecule has 0 atom stereocenters. The molecule has 0 aliphatic rings. The van der Waals surface area contributed by atoms with E-state index in [1.807, 2.05) is 0 Å². The third kappa shape index (κ3) is 1.97. The van der Waals surface area contributed by atoms with Crippen LogP contribution in [0.3, 0.4) is 0 Å². The molecule has 0 spiro atoms. The molecule has 5 nitrogen and oxygen atoms in total. The molecule has 0 fully saturated rings. The van der Waals surface area contributed by atoms with Gasteiger partial charge < -0.3 is 0 Å². The highest BCUT2D eigenvalue weighted by Crippen LogP contribution is 2.24. The highest BCUT2D eigenvalue weighted by molar-refractivity contribution is 7.90. The van der Waals surface area contributed by atoms with Crippen molar-refractivity contribution in [1.82, 2.24) is 13.9 Å². The molecule has 0 aliphatic heterocycles. The molecule has 0 amide bonds. The van der Waals surface area contributed by atoms with E-state index in [0.29, 0.717) is 11.1 Å². The lowest BCUT2D eigenvalue weighted by atomic mass is 10.4. The Balaban J connectivity index is 2.35. The van der Waals surface area contributed by atoms with Crippen molar-refractivity contribution in [3.8, 4) is 0 Å². The van der Waals surface area contributed by atoms with Crippen LogP contribution in [0.2, 0.25) is 5.28 Å². The summed E-state index contributed by atoms with van der Waals surface area (Å²) in [6, 6.07) is 9.92. The second kappa shape index (κ2) is 4.57. The smallest absolute Gasteiger partial charge is 0.226 e. The van der Waals surface area contributed by atoms with Gasteiger partial charge in [-0.1, -0.05) is 18.2 Å². The summed E-state index contributed by atoms with van der Waals surface area (Å²) in [5.74, 6) is 0. The molecule has 0 saturated carbocycles. The minimum atomic E-state index is -3.70. The van der Waals surface area contributed by atoms with E-state index in [4.69, 9.17) is 11.6 Å². The van der Waals surface area contributed by atoms with E-state index >= 15 is 0 Å². The molecule has 102 valence electrons. The lowest BCUT2D eigenvalue weighted by molar-refractivity contribution is 0.587. The average Bonchev–Trinajstić information content (AvgIpc) is 2.75. The second-order valence-corrected chi connectivity index (χ2v) is 6.41. The van der Waals surface area contributed by atoms with Crippen LogP contribution in [0.15, 0.2) is 47.5 Å². The Morgan fingerprint density at radius 3 is 2.60 bits per heavy atom. The Morgan fingerprint density at radius 1 is 1.20 bits per heavy atom. The van der Waals surface area contributed by atoms with Crippen LogP contribution in [0.1, 0.15) is 5.69 Å². The number of fused-ring (bicyclic) bond motifs is 1. The molecular formula is C13H10ClN3O2S. The minimum Gasteiger partial charge on any atom is -0.226 e. The topological polar surface area (TPSA) is 64.8 Å². The monoisotopic (exact) mass is 307 g/mol.